The maximum Gasteiger partial charge on any atom is 0.435 e. The fourth-order valence-corrected chi connectivity index (χ4v) is 2.80. The molecule has 1 aromatic heterocycles. The lowest BCUT2D eigenvalue weighted by molar-refractivity contribution is -0.142. The quantitative estimate of drug-likeness (QED) is 0.709. The molecule has 2 atom stereocenters. The molecule has 0 saturated heterocycles. The zero-order chi connectivity index (χ0) is 13.5. The van der Waals surface area contributed by atoms with Crippen LogP contribution in [0.3, 0.4) is 0 Å². The molecular formula is C11H11F5N2. The van der Waals surface area contributed by atoms with E-state index < -0.39 is 41.4 Å². The van der Waals surface area contributed by atoms with Crippen LogP contribution in [-0.2, 0) is 12.1 Å². The van der Waals surface area contributed by atoms with Crippen LogP contribution in [-0.4, -0.2) is 9.78 Å². The number of alkyl halides is 5. The molecule has 0 amide bonds. The van der Waals surface area contributed by atoms with Crippen LogP contribution >= 0.6 is 0 Å². The molecule has 0 radical (unpaired) electrons. The second-order valence-electron chi connectivity index (χ2n) is 5.22. The lowest BCUT2D eigenvalue weighted by Crippen LogP contribution is -2.21. The molecule has 0 aromatic carbocycles. The van der Waals surface area contributed by atoms with Crippen molar-refractivity contribution >= 4 is 0 Å². The first-order chi connectivity index (χ1) is 8.15. The maximum absolute atomic E-state index is 14.0. The molecule has 0 aliphatic heterocycles. The van der Waals surface area contributed by atoms with Crippen LogP contribution in [0.4, 0.5) is 22.0 Å². The number of nitrogens with zero attached hydrogens (tertiary/aromatic N) is 2. The molecule has 1 fully saturated rings. The molecule has 2 nitrogen and oxygen atoms in total. The molecule has 0 unspecified atom stereocenters. The van der Waals surface area contributed by atoms with Gasteiger partial charge >= 0.3 is 6.18 Å². The molecule has 7 heteroatoms. The van der Waals surface area contributed by atoms with Crippen LogP contribution < -0.4 is 0 Å². The first-order valence-electron chi connectivity index (χ1n) is 5.73. The maximum atomic E-state index is 14.0. The Morgan fingerprint density at radius 1 is 1.33 bits per heavy atom. The summed E-state index contributed by atoms with van der Waals surface area (Å²) in [6.07, 6.45) is -4.54. The Morgan fingerprint density at radius 2 is 1.94 bits per heavy atom. The van der Waals surface area contributed by atoms with E-state index in [-0.39, 0.29) is 12.0 Å². The Hall–Kier alpha value is -1.14. The van der Waals surface area contributed by atoms with E-state index >= 15 is 0 Å². The van der Waals surface area contributed by atoms with E-state index in [0.29, 0.717) is 0 Å². The normalized spacial score (nSPS) is 28.4. The number of halogens is 5. The van der Waals surface area contributed by atoms with Gasteiger partial charge < -0.3 is 0 Å². The van der Waals surface area contributed by atoms with Crippen molar-refractivity contribution in [1.29, 1.82) is 0 Å². The van der Waals surface area contributed by atoms with E-state index in [1.54, 1.807) is 13.8 Å². The molecule has 1 saturated carbocycles. The van der Waals surface area contributed by atoms with Gasteiger partial charge in [-0.1, -0.05) is 0 Å². The first-order valence-corrected chi connectivity index (χ1v) is 5.73. The molecule has 18 heavy (non-hydrogen) atoms. The average Bonchev–Trinajstić information content (AvgIpc) is 2.82. The molecule has 2 aliphatic rings. The number of hydrogen-bond acceptors (Lipinski definition) is 1. The summed E-state index contributed by atoms with van der Waals surface area (Å²) in [5.41, 5.74) is -1.92. The third kappa shape index (κ3) is 1.30. The minimum atomic E-state index is -4.67. The van der Waals surface area contributed by atoms with Crippen LogP contribution in [0.25, 0.3) is 0 Å². The minimum absolute atomic E-state index is 0.132. The second kappa shape index (κ2) is 3.05. The highest BCUT2D eigenvalue weighted by Crippen LogP contribution is 2.68. The van der Waals surface area contributed by atoms with Gasteiger partial charge in [0.1, 0.15) is 5.69 Å². The smallest absolute Gasteiger partial charge is 0.260 e. The Labute approximate surface area is 99.8 Å². The van der Waals surface area contributed by atoms with Crippen molar-refractivity contribution in [2.24, 2.45) is 5.92 Å². The second-order valence-corrected chi connectivity index (χ2v) is 5.22. The van der Waals surface area contributed by atoms with Crippen LogP contribution in [0.1, 0.15) is 49.2 Å². The zero-order valence-corrected chi connectivity index (χ0v) is 9.72. The summed E-state index contributed by atoms with van der Waals surface area (Å²) in [6.45, 7) is 3.10. The molecule has 0 N–H and O–H groups in total. The predicted molar refractivity (Wildman–Crippen MR) is 52.4 cm³/mol. The summed E-state index contributed by atoms with van der Waals surface area (Å²) in [7, 11) is 0. The van der Waals surface area contributed by atoms with E-state index in [4.69, 9.17) is 0 Å². The van der Waals surface area contributed by atoms with Crippen molar-refractivity contribution < 1.29 is 22.0 Å². The van der Waals surface area contributed by atoms with Crippen LogP contribution in [0, 0.1) is 5.92 Å². The Bertz CT molecular complexity index is 514. The monoisotopic (exact) mass is 266 g/mol. The lowest BCUT2D eigenvalue weighted by atomic mass is 10.1. The van der Waals surface area contributed by atoms with Crippen molar-refractivity contribution in [2.75, 3.05) is 0 Å². The molecule has 0 bridgehead atoms. The summed E-state index contributed by atoms with van der Waals surface area (Å²) in [5.74, 6) is -4.81. The number of aromatic nitrogens is 2. The van der Waals surface area contributed by atoms with Gasteiger partial charge in [0.25, 0.3) is 5.92 Å². The third-order valence-corrected chi connectivity index (χ3v) is 3.65. The average molecular weight is 266 g/mol. The van der Waals surface area contributed by atoms with Crippen LogP contribution in [0.5, 0.6) is 0 Å². The van der Waals surface area contributed by atoms with Crippen LogP contribution in [0.2, 0.25) is 0 Å². The van der Waals surface area contributed by atoms with Crippen LogP contribution in [0.15, 0.2) is 0 Å². The standard InChI is InChI=1S/C11H11F5N2/c1-4(2)18-9-7(8(17-18)11(14,15)16)5-3-6(5)10(9,12)13/h4-6H,3H2,1-2H3/t5-,6+/m0/s1. The number of rotatable bonds is 1. The Balaban J connectivity index is 2.26. The molecule has 0 spiro atoms. The Kier molecular flexibility index (Phi) is 2.02. The summed E-state index contributed by atoms with van der Waals surface area (Å²) in [6, 6.07) is -0.516. The van der Waals surface area contributed by atoms with Gasteiger partial charge in [0.15, 0.2) is 5.69 Å². The third-order valence-electron chi connectivity index (χ3n) is 3.65. The highest BCUT2D eigenvalue weighted by Gasteiger charge is 2.68. The van der Waals surface area contributed by atoms with E-state index in [2.05, 4.69) is 5.10 Å². The van der Waals surface area contributed by atoms with Gasteiger partial charge in [-0.2, -0.15) is 27.1 Å². The van der Waals surface area contributed by atoms with Gasteiger partial charge in [-0.15, -0.1) is 0 Å². The van der Waals surface area contributed by atoms with Crippen molar-refractivity contribution in [2.45, 2.75) is 44.3 Å². The minimum Gasteiger partial charge on any atom is -0.260 e. The van der Waals surface area contributed by atoms with Gasteiger partial charge in [-0.3, -0.25) is 4.68 Å². The molecule has 3 rings (SSSR count). The van der Waals surface area contributed by atoms with Crippen molar-refractivity contribution in [3.05, 3.63) is 17.0 Å². The van der Waals surface area contributed by atoms with E-state index in [0.717, 1.165) is 4.68 Å². The van der Waals surface area contributed by atoms with Gasteiger partial charge in [0.05, 0.1) is 0 Å². The van der Waals surface area contributed by atoms with Gasteiger partial charge in [0, 0.05) is 17.5 Å². The van der Waals surface area contributed by atoms with E-state index in [9.17, 15) is 22.0 Å². The molecule has 100 valence electrons. The zero-order valence-electron chi connectivity index (χ0n) is 9.72. The van der Waals surface area contributed by atoms with Crippen molar-refractivity contribution in [1.82, 2.24) is 9.78 Å². The largest absolute Gasteiger partial charge is 0.435 e. The highest BCUT2D eigenvalue weighted by molar-refractivity contribution is 5.46. The molecule has 1 aromatic rings. The number of fused-ring (bicyclic) bond motifs is 3. The predicted octanol–water partition coefficient (Wildman–Crippen LogP) is 3.69. The topological polar surface area (TPSA) is 17.8 Å². The fraction of sp³-hybridized carbons (Fsp3) is 0.727. The molecule has 1 heterocycles. The molecular weight excluding hydrogens is 255 g/mol. The first kappa shape index (κ1) is 11.9. The van der Waals surface area contributed by atoms with Crippen molar-refractivity contribution in [3.63, 3.8) is 0 Å². The van der Waals surface area contributed by atoms with Gasteiger partial charge in [-0.25, -0.2) is 0 Å². The van der Waals surface area contributed by atoms with E-state index in [1.807, 2.05) is 0 Å². The van der Waals surface area contributed by atoms with Gasteiger partial charge in [0.2, 0.25) is 0 Å². The SMILES string of the molecule is CC(C)n1nc(C(F)(F)F)c2c1C(F)(F)[C@@H]1C[C@H]21. The summed E-state index contributed by atoms with van der Waals surface area (Å²) in [5, 5.41) is 3.39. The highest BCUT2D eigenvalue weighted by atomic mass is 19.4. The lowest BCUT2D eigenvalue weighted by Gasteiger charge is -2.17. The fourth-order valence-electron chi connectivity index (χ4n) is 2.80. The van der Waals surface area contributed by atoms with Crippen molar-refractivity contribution in [3.8, 4) is 0 Å². The summed E-state index contributed by atoms with van der Waals surface area (Å²) < 4.78 is 67.3. The van der Waals surface area contributed by atoms with Gasteiger partial charge in [-0.05, 0) is 26.2 Å². The van der Waals surface area contributed by atoms with E-state index in [1.165, 1.54) is 0 Å². The summed E-state index contributed by atoms with van der Waals surface area (Å²) >= 11 is 0. The summed E-state index contributed by atoms with van der Waals surface area (Å²) in [4.78, 5) is 0. The Morgan fingerprint density at radius 3 is 2.44 bits per heavy atom. The number of hydrogen-bond donors (Lipinski definition) is 0. The molecule has 2 aliphatic carbocycles.